The topological polar surface area (TPSA) is 54.3 Å². The Hall–Kier alpha value is -2.01. The molecule has 4 nitrogen and oxygen atoms in total. The highest BCUT2D eigenvalue weighted by Gasteiger charge is 2.35. The van der Waals surface area contributed by atoms with Crippen LogP contribution >= 0.6 is 23.2 Å². The van der Waals surface area contributed by atoms with Crippen molar-refractivity contribution >= 4 is 40.1 Å². The highest BCUT2D eigenvalue weighted by molar-refractivity contribution is 6.35. The van der Waals surface area contributed by atoms with Gasteiger partial charge in [0.2, 0.25) is 0 Å². The van der Waals surface area contributed by atoms with Crippen molar-refractivity contribution in [2.45, 2.75) is 18.5 Å². The highest BCUT2D eigenvalue weighted by Crippen LogP contribution is 2.39. The Labute approximate surface area is 155 Å². The third-order valence-electron chi connectivity index (χ3n) is 4.88. The van der Waals surface area contributed by atoms with E-state index in [1.807, 2.05) is 37.4 Å². The summed E-state index contributed by atoms with van der Waals surface area (Å²) in [6.45, 7) is 0. The predicted molar refractivity (Wildman–Crippen MR) is 99.5 cm³/mol. The van der Waals surface area contributed by atoms with Crippen molar-refractivity contribution in [2.24, 2.45) is 7.05 Å². The lowest BCUT2D eigenvalue weighted by atomic mass is 9.90. The number of rotatable bonds is 2. The van der Waals surface area contributed by atoms with Crippen LogP contribution in [0, 0.1) is 0 Å². The van der Waals surface area contributed by atoms with E-state index < -0.39 is 12.0 Å². The Kier molecular flexibility index (Phi) is 3.99. The van der Waals surface area contributed by atoms with Crippen LogP contribution in [-0.4, -0.2) is 21.7 Å². The number of nitrogens with zero attached hydrogens (tertiary/aromatic N) is 1. The molecule has 0 spiro atoms. The first kappa shape index (κ1) is 16.5. The smallest absolute Gasteiger partial charge is 0.321 e. The molecule has 0 fully saturated rings. The fourth-order valence-electron chi connectivity index (χ4n) is 3.75. The molecule has 0 bridgehead atoms. The van der Waals surface area contributed by atoms with Crippen LogP contribution in [0.3, 0.4) is 0 Å². The molecule has 128 valence electrons. The van der Waals surface area contributed by atoms with Crippen LogP contribution in [0.1, 0.15) is 22.9 Å². The molecule has 4 rings (SSSR count). The lowest BCUT2D eigenvalue weighted by molar-refractivity contribution is -0.139. The number of aliphatic carboxylic acids is 1. The number of aryl methyl sites for hydroxylation is 1. The number of carboxylic acids is 1. The van der Waals surface area contributed by atoms with E-state index in [0.29, 0.717) is 16.5 Å². The van der Waals surface area contributed by atoms with Crippen LogP contribution in [0.2, 0.25) is 10.0 Å². The standard InChI is InChI=1S/C19H16Cl2N2O2/c1-23-16-5-3-2-4-11(16)13-9-15(19(24)25)22-17(18(13)23)12-7-6-10(20)8-14(12)21/h2-8,15,17,22H,9H2,1H3,(H,24,25)/t15-,17+/m0/s1. The number of halogens is 2. The van der Waals surface area contributed by atoms with Crippen molar-refractivity contribution in [3.63, 3.8) is 0 Å². The van der Waals surface area contributed by atoms with Crippen molar-refractivity contribution in [1.82, 2.24) is 9.88 Å². The van der Waals surface area contributed by atoms with Gasteiger partial charge in [-0.1, -0.05) is 47.5 Å². The minimum atomic E-state index is -0.867. The summed E-state index contributed by atoms with van der Waals surface area (Å²) in [7, 11) is 2.00. The molecule has 3 aromatic rings. The Balaban J connectivity index is 1.98. The van der Waals surface area contributed by atoms with Gasteiger partial charge in [0.1, 0.15) is 6.04 Å². The Bertz CT molecular complexity index is 996. The van der Waals surface area contributed by atoms with Gasteiger partial charge in [0.05, 0.1) is 6.04 Å². The summed E-state index contributed by atoms with van der Waals surface area (Å²) in [6, 6.07) is 12.4. The number of carbonyl (C=O) groups is 1. The number of aromatic nitrogens is 1. The number of hydrogen-bond donors (Lipinski definition) is 2. The molecule has 0 radical (unpaired) electrons. The third kappa shape index (κ3) is 2.61. The van der Waals surface area contributed by atoms with Gasteiger partial charge in [-0.25, -0.2) is 0 Å². The van der Waals surface area contributed by atoms with Gasteiger partial charge in [-0.15, -0.1) is 0 Å². The van der Waals surface area contributed by atoms with E-state index in [1.54, 1.807) is 12.1 Å². The second kappa shape index (κ2) is 6.06. The summed E-state index contributed by atoms with van der Waals surface area (Å²) in [5.41, 5.74) is 4.00. The van der Waals surface area contributed by atoms with Crippen molar-refractivity contribution in [2.75, 3.05) is 0 Å². The zero-order chi connectivity index (χ0) is 17.7. The molecule has 2 atom stereocenters. The van der Waals surface area contributed by atoms with Crippen molar-refractivity contribution < 1.29 is 9.90 Å². The summed E-state index contributed by atoms with van der Waals surface area (Å²) in [4.78, 5) is 11.7. The first-order valence-corrected chi connectivity index (χ1v) is 8.73. The van der Waals surface area contributed by atoms with Crippen LogP contribution in [0.5, 0.6) is 0 Å². The van der Waals surface area contributed by atoms with Crippen molar-refractivity contribution in [3.05, 3.63) is 69.3 Å². The van der Waals surface area contributed by atoms with E-state index in [9.17, 15) is 9.90 Å². The lowest BCUT2D eigenvalue weighted by Gasteiger charge is -2.31. The van der Waals surface area contributed by atoms with E-state index in [-0.39, 0.29) is 6.04 Å². The minimum absolute atomic E-state index is 0.313. The lowest BCUT2D eigenvalue weighted by Crippen LogP contribution is -2.45. The second-order valence-electron chi connectivity index (χ2n) is 6.30. The Morgan fingerprint density at radius 2 is 2.00 bits per heavy atom. The molecule has 1 aliphatic heterocycles. The zero-order valence-electron chi connectivity index (χ0n) is 13.5. The molecule has 2 N–H and O–H groups in total. The van der Waals surface area contributed by atoms with Crippen LogP contribution in [0.25, 0.3) is 10.9 Å². The second-order valence-corrected chi connectivity index (χ2v) is 7.14. The van der Waals surface area contributed by atoms with E-state index in [4.69, 9.17) is 23.2 Å². The molecule has 0 aliphatic carbocycles. The molecule has 1 aliphatic rings. The fraction of sp³-hybridized carbons (Fsp3) is 0.211. The van der Waals surface area contributed by atoms with Gasteiger partial charge >= 0.3 is 5.97 Å². The zero-order valence-corrected chi connectivity index (χ0v) is 15.0. The summed E-state index contributed by atoms with van der Waals surface area (Å²) >= 11 is 12.5. The van der Waals surface area contributed by atoms with E-state index in [2.05, 4.69) is 9.88 Å². The van der Waals surface area contributed by atoms with Crippen molar-refractivity contribution in [3.8, 4) is 0 Å². The highest BCUT2D eigenvalue weighted by atomic mass is 35.5. The minimum Gasteiger partial charge on any atom is -0.480 e. The molecular formula is C19H16Cl2N2O2. The maximum atomic E-state index is 11.7. The molecule has 2 aromatic carbocycles. The van der Waals surface area contributed by atoms with Crippen molar-refractivity contribution in [1.29, 1.82) is 0 Å². The molecule has 0 amide bonds. The Morgan fingerprint density at radius 3 is 2.72 bits per heavy atom. The maximum Gasteiger partial charge on any atom is 0.321 e. The van der Waals surface area contributed by atoms with Gasteiger partial charge in [-0.2, -0.15) is 0 Å². The van der Waals surface area contributed by atoms with Gasteiger partial charge in [-0.3, -0.25) is 10.1 Å². The molecular weight excluding hydrogens is 359 g/mol. The number of carboxylic acid groups (broad SMARTS) is 1. The van der Waals surface area contributed by atoms with E-state index in [1.165, 1.54) is 0 Å². The van der Waals surface area contributed by atoms with Gasteiger partial charge in [0.15, 0.2) is 0 Å². The predicted octanol–water partition coefficient (Wildman–Crippen LogP) is 4.17. The first-order chi connectivity index (χ1) is 12.0. The summed E-state index contributed by atoms with van der Waals surface area (Å²) in [5, 5.41) is 15.0. The largest absolute Gasteiger partial charge is 0.480 e. The molecule has 1 aromatic heterocycles. The van der Waals surface area contributed by atoms with Crippen LogP contribution in [0.4, 0.5) is 0 Å². The number of para-hydroxylation sites is 1. The molecule has 25 heavy (non-hydrogen) atoms. The summed E-state index contributed by atoms with van der Waals surface area (Å²) < 4.78 is 2.12. The number of fused-ring (bicyclic) bond motifs is 3. The Morgan fingerprint density at radius 1 is 1.24 bits per heavy atom. The molecule has 6 heteroatoms. The average molecular weight is 375 g/mol. The van der Waals surface area contributed by atoms with Crippen LogP contribution in [0.15, 0.2) is 42.5 Å². The number of hydrogen-bond acceptors (Lipinski definition) is 2. The summed E-state index contributed by atoms with van der Waals surface area (Å²) in [6.07, 6.45) is 0.438. The van der Waals surface area contributed by atoms with E-state index >= 15 is 0 Å². The third-order valence-corrected chi connectivity index (χ3v) is 5.44. The maximum absolute atomic E-state index is 11.7. The first-order valence-electron chi connectivity index (χ1n) is 7.97. The summed E-state index contributed by atoms with van der Waals surface area (Å²) in [5.74, 6) is -0.867. The SMILES string of the molecule is Cn1c2c(c3ccccc31)C[C@@H](C(=O)O)N[C@@H]2c1ccc(Cl)cc1Cl. The number of nitrogens with one attached hydrogen (secondary N) is 1. The van der Waals surface area contributed by atoms with Crippen LogP contribution < -0.4 is 5.32 Å². The molecule has 2 heterocycles. The monoisotopic (exact) mass is 374 g/mol. The average Bonchev–Trinajstić information content (AvgIpc) is 2.88. The van der Waals surface area contributed by atoms with Gasteiger partial charge in [-0.05, 0) is 29.3 Å². The number of benzene rings is 2. The molecule has 0 saturated heterocycles. The van der Waals surface area contributed by atoms with Gasteiger partial charge in [0, 0.05) is 40.1 Å². The van der Waals surface area contributed by atoms with Gasteiger partial charge < -0.3 is 9.67 Å². The van der Waals surface area contributed by atoms with Crippen LogP contribution in [-0.2, 0) is 18.3 Å². The normalized spacial score (nSPS) is 19.8. The van der Waals surface area contributed by atoms with E-state index in [0.717, 1.165) is 27.7 Å². The van der Waals surface area contributed by atoms with Gasteiger partial charge in [0.25, 0.3) is 0 Å². The molecule has 0 saturated carbocycles. The quantitative estimate of drug-likeness (QED) is 0.707. The fourth-order valence-corrected chi connectivity index (χ4v) is 4.27. The molecule has 0 unspecified atom stereocenters.